The Bertz CT molecular complexity index is 1620. The van der Waals surface area contributed by atoms with Gasteiger partial charge in [-0.15, -0.1) is 0 Å². The van der Waals surface area contributed by atoms with Crippen molar-refractivity contribution in [2.45, 2.75) is 193 Å². The van der Waals surface area contributed by atoms with E-state index < -0.39 is 22.2 Å². The van der Waals surface area contributed by atoms with E-state index in [0.717, 1.165) is 44.2 Å². The van der Waals surface area contributed by atoms with Gasteiger partial charge in [-0.2, -0.15) is 5.06 Å². The molecule has 1 heterocycles. The highest BCUT2D eigenvalue weighted by atomic mass is 28.4. The number of fused-ring (bicyclic) bond motifs is 1. The van der Waals surface area contributed by atoms with Gasteiger partial charge in [-0.25, -0.2) is 4.79 Å². The molecule has 5 rings (SSSR count). The minimum Gasteiger partial charge on any atom is -0.467 e. The van der Waals surface area contributed by atoms with Crippen LogP contribution < -0.4 is 0 Å². The predicted molar refractivity (Wildman–Crippen MR) is 242 cm³/mol. The van der Waals surface area contributed by atoms with Crippen molar-refractivity contribution in [1.29, 1.82) is 0 Å². The lowest BCUT2D eigenvalue weighted by molar-refractivity contribution is -0.216. The third kappa shape index (κ3) is 10.4. The van der Waals surface area contributed by atoms with Crippen molar-refractivity contribution < 1.29 is 23.2 Å². The molecule has 0 N–H and O–H groups in total. The zero-order chi connectivity index (χ0) is 42.2. The molecule has 57 heavy (non-hydrogen) atoms. The van der Waals surface area contributed by atoms with E-state index in [-0.39, 0.29) is 39.7 Å². The summed E-state index contributed by atoms with van der Waals surface area (Å²) in [4.78, 5) is 19.5. The van der Waals surface area contributed by atoms with E-state index in [2.05, 4.69) is 129 Å². The Kier molecular flexibility index (Phi) is 14.3. The molecule has 8 atom stereocenters. The summed E-state index contributed by atoms with van der Waals surface area (Å²) < 4.78 is 19.5. The van der Waals surface area contributed by atoms with E-state index in [1.54, 1.807) is 5.57 Å². The number of aryl methyl sites for hydroxylation is 1. The highest BCUT2D eigenvalue weighted by molar-refractivity contribution is 6.74. The molecule has 6 nitrogen and oxygen atoms in total. The average molecular weight is 820 g/mol. The number of methoxy groups -OCH3 is 1. The number of esters is 1. The molecule has 4 aliphatic rings. The zero-order valence-corrected chi connectivity index (χ0v) is 40.7. The maximum absolute atomic E-state index is 13.0. The van der Waals surface area contributed by atoms with E-state index in [1.165, 1.54) is 50.4 Å². The molecule has 3 aliphatic carbocycles. The van der Waals surface area contributed by atoms with Gasteiger partial charge in [0.05, 0.1) is 19.3 Å². The second-order valence-electron chi connectivity index (χ2n) is 22.0. The van der Waals surface area contributed by atoms with Crippen LogP contribution in [0.4, 0.5) is 0 Å². The average Bonchev–Trinajstić information content (AvgIpc) is 3.64. The maximum Gasteiger partial charge on any atom is 0.340 e. The fraction of sp³-hybridized carbons (Fsp3) is 0.735. The summed E-state index contributed by atoms with van der Waals surface area (Å²) in [5.74, 6) is 1.46. The van der Waals surface area contributed by atoms with Crippen LogP contribution in [0.5, 0.6) is 0 Å². The quantitative estimate of drug-likeness (QED) is 0.146. The molecule has 1 aromatic carbocycles. The highest BCUT2D eigenvalue weighted by Crippen LogP contribution is 2.60. The Labute approximate surface area is 350 Å². The first-order chi connectivity index (χ1) is 26.4. The molecular weight excluding hydrogens is 739 g/mol. The van der Waals surface area contributed by atoms with Crippen molar-refractivity contribution >= 4 is 22.6 Å². The second kappa shape index (κ2) is 17.7. The van der Waals surface area contributed by atoms with Crippen LogP contribution in [0.25, 0.3) is 0 Å². The third-order valence-corrected chi connectivity index (χ3v) is 24.8. The van der Waals surface area contributed by atoms with Gasteiger partial charge in [0.25, 0.3) is 0 Å². The minimum absolute atomic E-state index is 0.00842. The monoisotopic (exact) mass is 820 g/mol. The first kappa shape index (κ1) is 46.3. The molecule has 8 heteroatoms. The summed E-state index contributed by atoms with van der Waals surface area (Å²) >= 11 is 0. The molecule has 1 aliphatic heterocycles. The molecule has 320 valence electrons. The van der Waals surface area contributed by atoms with Crippen LogP contribution in [0, 0.1) is 23.2 Å². The van der Waals surface area contributed by atoms with Gasteiger partial charge >= 0.3 is 5.97 Å². The van der Waals surface area contributed by atoms with Crippen LogP contribution in [0.15, 0.2) is 65.8 Å². The van der Waals surface area contributed by atoms with Crippen molar-refractivity contribution in [1.82, 2.24) is 5.06 Å². The molecular formula is C49H81NO5Si2. The van der Waals surface area contributed by atoms with Gasteiger partial charge in [0.2, 0.25) is 0 Å². The second-order valence-corrected chi connectivity index (χ2v) is 31.5. The first-order valence-electron chi connectivity index (χ1n) is 22.4. The number of rotatable bonds is 13. The number of ether oxygens (including phenoxy) is 1. The highest BCUT2D eigenvalue weighted by Gasteiger charge is 2.53. The van der Waals surface area contributed by atoms with Gasteiger partial charge in [0.1, 0.15) is 0 Å². The SMILES string of the molecule is C=C1/C(=C\C=C2/CCC[C@]3(C)[C@@H]([C@H](C)CC4CC(C)(C(=O)OC)ON4CCCc4ccccc4)CC[C@@H]23)C[C@@H](O[Si](C)(C)C(C)(C)C)C[C@@H]1O[Si](C)(C)C(C)(C)C. The Morgan fingerprint density at radius 2 is 1.65 bits per heavy atom. The summed E-state index contributed by atoms with van der Waals surface area (Å²) in [5.41, 5.74) is 4.77. The van der Waals surface area contributed by atoms with Crippen molar-refractivity contribution in [2.24, 2.45) is 23.2 Å². The molecule has 1 saturated heterocycles. The Balaban J connectivity index is 1.33. The Morgan fingerprint density at radius 1 is 1.00 bits per heavy atom. The number of carbonyl (C=O) groups is 1. The molecule has 0 radical (unpaired) electrons. The van der Waals surface area contributed by atoms with Crippen LogP contribution in [0.1, 0.15) is 132 Å². The Hall–Kier alpha value is -1.82. The zero-order valence-electron chi connectivity index (χ0n) is 38.7. The lowest BCUT2D eigenvalue weighted by Gasteiger charge is -2.46. The van der Waals surface area contributed by atoms with E-state index >= 15 is 0 Å². The summed E-state index contributed by atoms with van der Waals surface area (Å²) in [5, 5.41) is 2.42. The number of benzene rings is 1. The largest absolute Gasteiger partial charge is 0.467 e. The summed E-state index contributed by atoms with van der Waals surface area (Å²) in [6.07, 6.45) is 16.7. The number of hydrogen-bond donors (Lipinski definition) is 0. The van der Waals surface area contributed by atoms with Crippen molar-refractivity contribution in [3.8, 4) is 0 Å². The molecule has 2 unspecified atom stereocenters. The molecule has 0 amide bonds. The number of allylic oxidation sites excluding steroid dienone is 3. The number of hydroxylamine groups is 2. The van der Waals surface area contributed by atoms with Gasteiger partial charge in [-0.3, -0.25) is 4.84 Å². The number of carbonyl (C=O) groups excluding carboxylic acids is 1. The topological polar surface area (TPSA) is 57.2 Å². The predicted octanol–water partition coefficient (Wildman–Crippen LogP) is 12.8. The van der Waals surface area contributed by atoms with Crippen molar-refractivity contribution in [3.05, 3.63) is 71.3 Å². The van der Waals surface area contributed by atoms with E-state index in [4.69, 9.17) is 25.0 Å². The molecule has 3 saturated carbocycles. The van der Waals surface area contributed by atoms with Gasteiger partial charge < -0.3 is 13.6 Å². The number of hydrogen-bond acceptors (Lipinski definition) is 6. The molecule has 4 fully saturated rings. The van der Waals surface area contributed by atoms with Crippen molar-refractivity contribution in [2.75, 3.05) is 13.7 Å². The normalized spacial score (nSPS) is 32.5. The maximum atomic E-state index is 13.0. The lowest BCUT2D eigenvalue weighted by atomic mass is 9.60. The molecule has 0 aromatic heterocycles. The van der Waals surface area contributed by atoms with Gasteiger partial charge in [-0.1, -0.05) is 110 Å². The minimum atomic E-state index is -2.03. The first-order valence-corrected chi connectivity index (χ1v) is 28.2. The molecule has 0 spiro atoms. The lowest BCUT2D eigenvalue weighted by Crippen LogP contribution is -2.49. The fourth-order valence-corrected chi connectivity index (χ4v) is 13.0. The van der Waals surface area contributed by atoms with E-state index in [0.29, 0.717) is 24.2 Å². The van der Waals surface area contributed by atoms with Crippen LogP contribution in [0.3, 0.4) is 0 Å². The Morgan fingerprint density at radius 3 is 2.28 bits per heavy atom. The smallest absolute Gasteiger partial charge is 0.340 e. The summed E-state index contributed by atoms with van der Waals surface area (Å²) in [6, 6.07) is 10.8. The molecule has 1 aromatic rings. The fourth-order valence-electron chi connectivity index (χ4n) is 10.3. The van der Waals surface area contributed by atoms with Crippen LogP contribution in [-0.2, 0) is 29.6 Å². The van der Waals surface area contributed by atoms with Gasteiger partial charge in [-0.05, 0) is 141 Å². The van der Waals surface area contributed by atoms with Crippen LogP contribution in [0.2, 0.25) is 36.3 Å². The molecule has 0 bridgehead atoms. The van der Waals surface area contributed by atoms with Gasteiger partial charge in [0, 0.05) is 25.4 Å². The van der Waals surface area contributed by atoms with Gasteiger partial charge in [0.15, 0.2) is 22.2 Å². The van der Waals surface area contributed by atoms with Crippen LogP contribution in [-0.4, -0.2) is 65.2 Å². The summed E-state index contributed by atoms with van der Waals surface area (Å²) in [6.45, 7) is 36.0. The van der Waals surface area contributed by atoms with E-state index in [1.807, 2.05) is 6.92 Å². The van der Waals surface area contributed by atoms with Crippen LogP contribution >= 0.6 is 0 Å². The van der Waals surface area contributed by atoms with Crippen molar-refractivity contribution in [3.63, 3.8) is 0 Å². The van der Waals surface area contributed by atoms with E-state index in [9.17, 15) is 4.79 Å². The number of nitrogens with zero attached hydrogens (tertiary/aromatic N) is 1. The standard InChI is InChI=1S/C49H81NO5Si2/c1-35(31-40-34-49(10,45(51)52-11)55-50(40)30-20-23-37-21-17-16-18-22-37)42-27-28-43-38(24-19-29-48(42,43)9)25-26-39-32-41(53-56(12,13)46(3,4)5)33-44(36(39)2)54-57(14,15)47(6,7)8/h16-18,21-22,25-26,35,40-44H,2,19-20,23-24,27-34H2,1,3-15H3/b38-25+,39-26-/t35-,40?,41-,42-,43+,44+,48-,49?/m1/s1. The third-order valence-electron chi connectivity index (χ3n) is 15.8. The summed E-state index contributed by atoms with van der Waals surface area (Å²) in [7, 11) is -2.53.